The Bertz CT molecular complexity index is 341. The molecule has 2 N–H and O–H groups in total. The number of rotatable bonds is 6. The fourth-order valence-corrected chi connectivity index (χ4v) is 3.68. The van der Waals surface area contributed by atoms with Gasteiger partial charge in [0.1, 0.15) is 0 Å². The Labute approximate surface area is 123 Å². The van der Waals surface area contributed by atoms with E-state index >= 15 is 0 Å². The van der Waals surface area contributed by atoms with Crippen LogP contribution in [0.1, 0.15) is 47.0 Å². The molecule has 3 atom stereocenters. The topological polar surface area (TPSA) is 50.4 Å². The molecule has 0 bridgehead atoms. The Balaban J connectivity index is 1.70. The van der Waals surface area contributed by atoms with Gasteiger partial charge in [-0.1, -0.05) is 27.7 Å². The molecule has 20 heavy (non-hydrogen) atoms. The quantitative estimate of drug-likeness (QED) is 0.783. The van der Waals surface area contributed by atoms with E-state index in [1.54, 1.807) is 0 Å². The number of hydrogen-bond acceptors (Lipinski definition) is 3. The lowest BCUT2D eigenvalue weighted by Gasteiger charge is -2.60. The van der Waals surface area contributed by atoms with Crippen molar-refractivity contribution in [3.63, 3.8) is 0 Å². The molecule has 0 radical (unpaired) electrons. The van der Waals surface area contributed by atoms with E-state index in [0.717, 1.165) is 19.7 Å². The Morgan fingerprint density at radius 2 is 2.15 bits per heavy atom. The molecule has 0 aromatic carbocycles. The summed E-state index contributed by atoms with van der Waals surface area (Å²) in [5, 5.41) is 6.55. The molecule has 0 aromatic rings. The minimum atomic E-state index is 0.153. The number of hydrogen-bond donors (Lipinski definition) is 2. The molecule has 1 aliphatic carbocycles. The first kappa shape index (κ1) is 15.8. The van der Waals surface area contributed by atoms with Gasteiger partial charge in [-0.25, -0.2) is 0 Å². The van der Waals surface area contributed by atoms with Crippen LogP contribution in [0.3, 0.4) is 0 Å². The summed E-state index contributed by atoms with van der Waals surface area (Å²) < 4.78 is 5.90. The van der Waals surface area contributed by atoms with Gasteiger partial charge in [-0.15, -0.1) is 0 Å². The number of fused-ring (bicyclic) bond motifs is 1. The van der Waals surface area contributed by atoms with Gasteiger partial charge in [0.05, 0.1) is 6.10 Å². The lowest BCUT2D eigenvalue weighted by Crippen LogP contribution is -2.69. The lowest BCUT2D eigenvalue weighted by atomic mass is 9.55. The molecule has 1 amide bonds. The zero-order chi connectivity index (χ0) is 14.8. The Morgan fingerprint density at radius 1 is 1.40 bits per heavy atom. The number of ether oxygens (including phenoxy) is 1. The average Bonchev–Trinajstić information content (AvgIpc) is 2.41. The molecule has 116 valence electrons. The van der Waals surface area contributed by atoms with Crippen LogP contribution in [-0.2, 0) is 9.53 Å². The summed E-state index contributed by atoms with van der Waals surface area (Å²) in [6.45, 7) is 11.2. The number of carbonyl (C=O) groups is 1. The minimum absolute atomic E-state index is 0.153. The first-order chi connectivity index (χ1) is 9.43. The van der Waals surface area contributed by atoms with Crippen LogP contribution in [0.2, 0.25) is 0 Å². The summed E-state index contributed by atoms with van der Waals surface area (Å²) in [5.41, 5.74) is 0.194. The Hall–Kier alpha value is -0.610. The van der Waals surface area contributed by atoms with Crippen LogP contribution in [0.4, 0.5) is 0 Å². The van der Waals surface area contributed by atoms with E-state index < -0.39 is 0 Å². The van der Waals surface area contributed by atoms with Crippen LogP contribution >= 0.6 is 0 Å². The number of amides is 1. The van der Waals surface area contributed by atoms with Crippen molar-refractivity contribution in [2.45, 2.75) is 59.1 Å². The van der Waals surface area contributed by atoms with E-state index in [-0.39, 0.29) is 11.3 Å². The monoisotopic (exact) mass is 282 g/mol. The van der Waals surface area contributed by atoms with E-state index in [9.17, 15) is 4.79 Å². The molecule has 0 spiro atoms. The highest BCUT2D eigenvalue weighted by Crippen LogP contribution is 2.51. The van der Waals surface area contributed by atoms with Crippen molar-refractivity contribution in [1.82, 2.24) is 10.6 Å². The molecule has 1 aliphatic heterocycles. The first-order valence-electron chi connectivity index (χ1n) is 8.04. The van der Waals surface area contributed by atoms with Gasteiger partial charge in [0.15, 0.2) is 0 Å². The number of carbonyl (C=O) groups excluding carboxylic acids is 1. The van der Waals surface area contributed by atoms with Crippen LogP contribution in [-0.4, -0.2) is 37.7 Å². The number of nitrogens with one attached hydrogen (secondary N) is 2. The predicted octanol–water partition coefficient (Wildman–Crippen LogP) is 1.94. The highest BCUT2D eigenvalue weighted by molar-refractivity contribution is 5.76. The molecule has 1 saturated heterocycles. The lowest BCUT2D eigenvalue weighted by molar-refractivity contribution is -0.192. The third-order valence-electron chi connectivity index (χ3n) is 4.75. The molecule has 0 aromatic heterocycles. The maximum atomic E-state index is 11.7. The molecule has 4 heteroatoms. The molecule has 1 heterocycles. The van der Waals surface area contributed by atoms with Crippen LogP contribution in [0.15, 0.2) is 0 Å². The summed E-state index contributed by atoms with van der Waals surface area (Å²) >= 11 is 0. The van der Waals surface area contributed by atoms with Crippen molar-refractivity contribution in [3.8, 4) is 0 Å². The highest BCUT2D eigenvalue weighted by atomic mass is 16.5. The van der Waals surface area contributed by atoms with E-state index in [0.29, 0.717) is 30.4 Å². The van der Waals surface area contributed by atoms with Gasteiger partial charge in [-0.2, -0.15) is 0 Å². The smallest absolute Gasteiger partial charge is 0.221 e. The maximum absolute atomic E-state index is 11.7. The van der Waals surface area contributed by atoms with Gasteiger partial charge >= 0.3 is 0 Å². The molecule has 2 aliphatic rings. The Kier molecular flexibility index (Phi) is 5.08. The van der Waals surface area contributed by atoms with Crippen LogP contribution < -0.4 is 10.6 Å². The molecular formula is C16H30N2O2. The van der Waals surface area contributed by atoms with E-state index in [2.05, 4.69) is 38.3 Å². The maximum Gasteiger partial charge on any atom is 0.221 e. The molecule has 2 rings (SSSR count). The summed E-state index contributed by atoms with van der Waals surface area (Å²) in [6.07, 6.45) is 3.40. The minimum Gasteiger partial charge on any atom is -0.377 e. The third-order valence-corrected chi connectivity index (χ3v) is 4.75. The van der Waals surface area contributed by atoms with Crippen molar-refractivity contribution < 1.29 is 9.53 Å². The molecule has 3 unspecified atom stereocenters. The third kappa shape index (κ3) is 3.34. The summed E-state index contributed by atoms with van der Waals surface area (Å²) in [7, 11) is 0. The first-order valence-corrected chi connectivity index (χ1v) is 8.04. The fourth-order valence-electron chi connectivity index (χ4n) is 3.68. The average molecular weight is 282 g/mol. The van der Waals surface area contributed by atoms with Gasteiger partial charge < -0.3 is 15.4 Å². The summed E-state index contributed by atoms with van der Waals surface area (Å²) in [4.78, 5) is 11.7. The van der Waals surface area contributed by atoms with E-state index in [1.807, 2.05) is 0 Å². The van der Waals surface area contributed by atoms with E-state index in [4.69, 9.17) is 4.74 Å². The fraction of sp³-hybridized carbons (Fsp3) is 0.938. The second-order valence-electron chi connectivity index (χ2n) is 7.30. The molecule has 2 fully saturated rings. The van der Waals surface area contributed by atoms with E-state index in [1.165, 1.54) is 12.8 Å². The molecular weight excluding hydrogens is 252 g/mol. The van der Waals surface area contributed by atoms with Crippen molar-refractivity contribution in [2.75, 3.05) is 19.7 Å². The van der Waals surface area contributed by atoms with Crippen LogP contribution in [0.5, 0.6) is 0 Å². The summed E-state index contributed by atoms with van der Waals surface area (Å²) in [6, 6.07) is 0.491. The van der Waals surface area contributed by atoms with Crippen molar-refractivity contribution >= 4 is 5.91 Å². The van der Waals surface area contributed by atoms with Gasteiger partial charge in [0.2, 0.25) is 5.91 Å². The Morgan fingerprint density at radius 3 is 2.85 bits per heavy atom. The largest absolute Gasteiger partial charge is 0.377 e. The second-order valence-corrected chi connectivity index (χ2v) is 7.30. The standard InChI is InChI=1S/C16H30N2O2/c1-11(2)10-18-13(19)7-8-17-14-12-6-5-9-20-15(12)16(14,3)4/h11-12,14-15,17H,5-10H2,1-4H3,(H,18,19). The summed E-state index contributed by atoms with van der Waals surface area (Å²) in [5.74, 6) is 1.30. The normalized spacial score (nSPS) is 31.6. The van der Waals surface area contributed by atoms with Crippen LogP contribution in [0.25, 0.3) is 0 Å². The molecule has 1 saturated carbocycles. The van der Waals surface area contributed by atoms with Crippen molar-refractivity contribution in [2.24, 2.45) is 17.3 Å². The predicted molar refractivity (Wildman–Crippen MR) is 80.5 cm³/mol. The zero-order valence-corrected chi connectivity index (χ0v) is 13.4. The molecule has 4 nitrogen and oxygen atoms in total. The highest BCUT2D eigenvalue weighted by Gasteiger charge is 2.57. The van der Waals surface area contributed by atoms with Crippen LogP contribution in [0, 0.1) is 17.3 Å². The SMILES string of the molecule is CC(C)CNC(=O)CCNC1C2CCCOC2C1(C)C. The van der Waals surface area contributed by atoms with Gasteiger partial charge in [-0.3, -0.25) is 4.79 Å². The second kappa shape index (κ2) is 6.44. The van der Waals surface area contributed by atoms with Gasteiger partial charge in [0, 0.05) is 43.5 Å². The van der Waals surface area contributed by atoms with Crippen molar-refractivity contribution in [1.29, 1.82) is 0 Å². The zero-order valence-electron chi connectivity index (χ0n) is 13.4. The van der Waals surface area contributed by atoms with Gasteiger partial charge in [0.25, 0.3) is 0 Å². The van der Waals surface area contributed by atoms with Gasteiger partial charge in [-0.05, 0) is 18.8 Å². The van der Waals surface area contributed by atoms with Crippen molar-refractivity contribution in [3.05, 3.63) is 0 Å².